The third-order valence-corrected chi connectivity index (χ3v) is 13.2. The van der Waals surface area contributed by atoms with Crippen LogP contribution in [-0.2, 0) is 28.6 Å². The Morgan fingerprint density at radius 1 is 0.296 bits per heavy atom. The molecule has 0 N–H and O–H groups in total. The van der Waals surface area contributed by atoms with E-state index in [0.717, 1.165) is 122 Å². The van der Waals surface area contributed by atoms with E-state index >= 15 is 0 Å². The van der Waals surface area contributed by atoms with Crippen LogP contribution >= 0.6 is 0 Å². The van der Waals surface area contributed by atoms with Gasteiger partial charge in [-0.15, -0.1) is 0 Å². The van der Waals surface area contributed by atoms with Gasteiger partial charge in [-0.25, -0.2) is 0 Å². The predicted octanol–water partition coefficient (Wildman–Crippen LogP) is 20.5. The zero-order chi connectivity index (χ0) is 51.4. The van der Waals surface area contributed by atoms with Crippen molar-refractivity contribution < 1.29 is 28.6 Å². The first-order valence-electron chi connectivity index (χ1n) is 30.4. The highest BCUT2D eigenvalue weighted by Crippen LogP contribution is 2.16. The summed E-state index contributed by atoms with van der Waals surface area (Å²) in [7, 11) is 0. The molecule has 0 aromatic heterocycles. The molecule has 0 amide bonds. The van der Waals surface area contributed by atoms with E-state index in [-0.39, 0.29) is 31.1 Å². The second kappa shape index (κ2) is 59.4. The summed E-state index contributed by atoms with van der Waals surface area (Å²) in [6, 6.07) is 0. The van der Waals surface area contributed by atoms with Crippen LogP contribution in [0.15, 0.2) is 72.9 Å². The van der Waals surface area contributed by atoms with Gasteiger partial charge in [0.1, 0.15) is 13.2 Å². The van der Waals surface area contributed by atoms with Crippen molar-refractivity contribution in [1.82, 2.24) is 0 Å². The van der Waals surface area contributed by atoms with Gasteiger partial charge in [-0.2, -0.15) is 0 Å². The molecule has 6 nitrogen and oxygen atoms in total. The Hall–Kier alpha value is -3.15. The SMILES string of the molecule is CC/C=C\C/C=C\C/C=C\C/C=C\C/C=C\CCCCCCCC(=O)OCC(COC(=O)CCCCCCCCCCCCCCCCCC)OC(=O)CCCCCCC/C=C\CCCCCCCCC. The fourth-order valence-electron chi connectivity index (χ4n) is 8.64. The number of esters is 3. The number of carbonyl (C=O) groups excluding carboxylic acids is 3. The maximum atomic E-state index is 12.9. The Kier molecular flexibility index (Phi) is 56.8. The second-order valence-electron chi connectivity index (χ2n) is 20.2. The molecule has 71 heavy (non-hydrogen) atoms. The van der Waals surface area contributed by atoms with Gasteiger partial charge >= 0.3 is 17.9 Å². The first-order valence-corrected chi connectivity index (χ1v) is 30.4. The van der Waals surface area contributed by atoms with Gasteiger partial charge in [-0.1, -0.05) is 267 Å². The van der Waals surface area contributed by atoms with Gasteiger partial charge in [-0.3, -0.25) is 14.4 Å². The van der Waals surface area contributed by atoms with Crippen molar-refractivity contribution in [3.8, 4) is 0 Å². The number of ether oxygens (including phenoxy) is 3. The van der Waals surface area contributed by atoms with Crippen LogP contribution in [-0.4, -0.2) is 37.2 Å². The first-order chi connectivity index (χ1) is 35.0. The van der Waals surface area contributed by atoms with Crippen molar-refractivity contribution in [3.63, 3.8) is 0 Å². The molecule has 0 radical (unpaired) electrons. The van der Waals surface area contributed by atoms with E-state index in [2.05, 4.69) is 93.7 Å². The highest BCUT2D eigenvalue weighted by atomic mass is 16.6. The molecule has 0 aliphatic heterocycles. The van der Waals surface area contributed by atoms with Crippen molar-refractivity contribution in [2.45, 2.75) is 309 Å². The van der Waals surface area contributed by atoms with Crippen LogP contribution < -0.4 is 0 Å². The number of allylic oxidation sites excluding steroid dienone is 12. The normalized spacial score (nSPS) is 12.5. The summed E-state index contributed by atoms with van der Waals surface area (Å²) in [5, 5.41) is 0. The summed E-state index contributed by atoms with van der Waals surface area (Å²) < 4.78 is 16.9. The van der Waals surface area contributed by atoms with Gasteiger partial charge < -0.3 is 14.2 Å². The van der Waals surface area contributed by atoms with Crippen molar-refractivity contribution in [2.75, 3.05) is 13.2 Å². The van der Waals surface area contributed by atoms with Crippen LogP contribution in [0.5, 0.6) is 0 Å². The summed E-state index contributed by atoms with van der Waals surface area (Å²) in [5.74, 6) is -0.897. The van der Waals surface area contributed by atoms with Crippen molar-refractivity contribution in [1.29, 1.82) is 0 Å². The molecule has 0 aromatic carbocycles. The standard InChI is InChI=1S/C65H114O6/c1-4-7-10-13-16-19-22-25-28-31-32-33-34-35-38-40-43-46-49-52-55-58-64(67)70-61-62(71-65(68)59-56-53-50-47-44-41-37-30-27-24-21-18-15-12-9-6-3)60-69-63(66)57-54-51-48-45-42-39-36-29-26-23-20-17-14-11-8-5-2/h7,10,16,19,25,28,30,32-33,35,37-38,62H,4-6,8-9,11-15,17-18,20-24,26-27,29,31,34,36,39-61H2,1-3H3/b10-7-,19-16-,28-25-,33-32-,37-30-,38-35-. The highest BCUT2D eigenvalue weighted by Gasteiger charge is 2.19. The molecule has 1 unspecified atom stereocenters. The lowest BCUT2D eigenvalue weighted by atomic mass is 10.0. The molecule has 6 heteroatoms. The third-order valence-electron chi connectivity index (χ3n) is 13.2. The molecule has 0 aliphatic carbocycles. The molecule has 0 rings (SSSR count). The number of hydrogen-bond acceptors (Lipinski definition) is 6. The highest BCUT2D eigenvalue weighted by molar-refractivity contribution is 5.71. The minimum absolute atomic E-state index is 0.0823. The molecule has 0 saturated carbocycles. The number of rotatable bonds is 55. The lowest BCUT2D eigenvalue weighted by Gasteiger charge is -2.18. The van der Waals surface area contributed by atoms with Crippen molar-refractivity contribution in [2.24, 2.45) is 0 Å². The van der Waals surface area contributed by atoms with E-state index in [0.29, 0.717) is 19.3 Å². The lowest BCUT2D eigenvalue weighted by Crippen LogP contribution is -2.30. The van der Waals surface area contributed by atoms with Crippen LogP contribution in [0, 0.1) is 0 Å². The van der Waals surface area contributed by atoms with Crippen LogP contribution in [0.1, 0.15) is 303 Å². The molecule has 0 heterocycles. The van der Waals surface area contributed by atoms with Gasteiger partial charge in [0.2, 0.25) is 0 Å². The maximum Gasteiger partial charge on any atom is 0.306 e. The van der Waals surface area contributed by atoms with Crippen LogP contribution in [0.2, 0.25) is 0 Å². The molecular weight excluding hydrogens is 877 g/mol. The summed E-state index contributed by atoms with van der Waals surface area (Å²) in [6.45, 7) is 6.54. The first kappa shape index (κ1) is 67.8. The molecule has 1 atom stereocenters. The average molecular weight is 992 g/mol. The summed E-state index contributed by atoms with van der Waals surface area (Å²) in [6.07, 6.45) is 76.1. The zero-order valence-corrected chi connectivity index (χ0v) is 47.0. The second-order valence-corrected chi connectivity index (χ2v) is 20.2. The molecule has 410 valence electrons. The molecule has 0 bridgehead atoms. The van der Waals surface area contributed by atoms with Crippen LogP contribution in [0.3, 0.4) is 0 Å². The molecule has 0 spiro atoms. The molecule has 0 aliphatic rings. The average Bonchev–Trinajstić information content (AvgIpc) is 3.37. The van der Waals surface area contributed by atoms with Gasteiger partial charge in [0.25, 0.3) is 0 Å². The summed E-state index contributed by atoms with van der Waals surface area (Å²) in [5.41, 5.74) is 0. The largest absolute Gasteiger partial charge is 0.462 e. The Morgan fingerprint density at radius 3 is 0.873 bits per heavy atom. The predicted molar refractivity (Wildman–Crippen MR) is 307 cm³/mol. The third kappa shape index (κ3) is 57.6. The van der Waals surface area contributed by atoms with E-state index in [1.165, 1.54) is 141 Å². The van der Waals surface area contributed by atoms with Crippen LogP contribution in [0.25, 0.3) is 0 Å². The van der Waals surface area contributed by atoms with E-state index in [9.17, 15) is 14.4 Å². The molecular formula is C65H114O6. The van der Waals surface area contributed by atoms with E-state index < -0.39 is 6.10 Å². The summed E-state index contributed by atoms with van der Waals surface area (Å²) >= 11 is 0. The maximum absolute atomic E-state index is 12.9. The molecule has 0 saturated heterocycles. The summed E-state index contributed by atoms with van der Waals surface area (Å²) in [4.78, 5) is 38.2. The smallest absolute Gasteiger partial charge is 0.306 e. The zero-order valence-electron chi connectivity index (χ0n) is 47.0. The Balaban J connectivity index is 4.40. The fraction of sp³-hybridized carbons (Fsp3) is 0.769. The molecule has 0 fully saturated rings. The van der Waals surface area contributed by atoms with E-state index in [4.69, 9.17) is 14.2 Å². The number of carbonyl (C=O) groups is 3. The Bertz CT molecular complexity index is 1320. The van der Waals surface area contributed by atoms with Gasteiger partial charge in [0.15, 0.2) is 6.10 Å². The van der Waals surface area contributed by atoms with Crippen molar-refractivity contribution in [3.05, 3.63) is 72.9 Å². The quantitative estimate of drug-likeness (QED) is 0.0261. The Labute approximate surface area is 440 Å². The van der Waals surface area contributed by atoms with E-state index in [1.54, 1.807) is 0 Å². The molecule has 0 aromatic rings. The van der Waals surface area contributed by atoms with E-state index in [1.807, 2.05) is 0 Å². The topological polar surface area (TPSA) is 78.9 Å². The minimum Gasteiger partial charge on any atom is -0.462 e. The number of unbranched alkanes of at least 4 members (excludes halogenated alkanes) is 32. The monoisotopic (exact) mass is 991 g/mol. The van der Waals surface area contributed by atoms with Crippen molar-refractivity contribution >= 4 is 17.9 Å². The van der Waals surface area contributed by atoms with Crippen LogP contribution in [0.4, 0.5) is 0 Å². The van der Waals surface area contributed by atoms with Gasteiger partial charge in [0, 0.05) is 19.3 Å². The van der Waals surface area contributed by atoms with Gasteiger partial charge in [0.05, 0.1) is 0 Å². The lowest BCUT2D eigenvalue weighted by molar-refractivity contribution is -0.167. The minimum atomic E-state index is -0.787. The van der Waals surface area contributed by atoms with Gasteiger partial charge in [-0.05, 0) is 89.9 Å². The number of hydrogen-bond donors (Lipinski definition) is 0. The Morgan fingerprint density at radius 2 is 0.549 bits per heavy atom. The fourth-order valence-corrected chi connectivity index (χ4v) is 8.64.